The van der Waals surface area contributed by atoms with Gasteiger partial charge in [0.15, 0.2) is 5.78 Å². The van der Waals surface area contributed by atoms with E-state index in [1.54, 1.807) is 17.8 Å². The van der Waals surface area contributed by atoms with Gasteiger partial charge in [-0.25, -0.2) is 0 Å². The zero-order valence-electron chi connectivity index (χ0n) is 10.2. The van der Waals surface area contributed by atoms with E-state index in [1.165, 1.54) is 0 Å². The molecule has 0 fully saturated rings. The molecule has 4 heteroatoms. The number of anilines is 1. The Morgan fingerprint density at radius 1 is 1.47 bits per heavy atom. The molecular weight excluding hydrogens is 214 g/mol. The van der Waals surface area contributed by atoms with Crippen LogP contribution in [0, 0.1) is 0 Å². The van der Waals surface area contributed by atoms with Crippen molar-refractivity contribution in [3.8, 4) is 11.1 Å². The lowest BCUT2D eigenvalue weighted by Gasteiger charge is -2.10. The number of nitrogens with zero attached hydrogens (tertiary/aromatic N) is 2. The maximum atomic E-state index is 11.8. The van der Waals surface area contributed by atoms with E-state index in [4.69, 9.17) is 0 Å². The van der Waals surface area contributed by atoms with Crippen molar-refractivity contribution in [1.82, 2.24) is 9.78 Å². The van der Waals surface area contributed by atoms with E-state index >= 15 is 0 Å². The van der Waals surface area contributed by atoms with Crippen molar-refractivity contribution >= 4 is 11.5 Å². The van der Waals surface area contributed by atoms with Gasteiger partial charge in [-0.05, 0) is 18.6 Å². The van der Waals surface area contributed by atoms with E-state index in [9.17, 15) is 4.79 Å². The quantitative estimate of drug-likeness (QED) is 0.826. The molecule has 0 aliphatic rings. The van der Waals surface area contributed by atoms with Crippen LogP contribution < -0.4 is 5.32 Å². The maximum absolute atomic E-state index is 11.8. The first-order valence-electron chi connectivity index (χ1n) is 5.44. The van der Waals surface area contributed by atoms with E-state index in [0.717, 1.165) is 16.8 Å². The van der Waals surface area contributed by atoms with Crippen LogP contribution in [0.15, 0.2) is 30.6 Å². The number of benzene rings is 1. The average Bonchev–Trinajstić information content (AvgIpc) is 2.74. The minimum Gasteiger partial charge on any atom is -0.388 e. The fraction of sp³-hybridized carbons (Fsp3) is 0.231. The van der Waals surface area contributed by atoms with Gasteiger partial charge in [0.25, 0.3) is 0 Å². The van der Waals surface area contributed by atoms with Gasteiger partial charge in [-0.1, -0.05) is 12.1 Å². The summed E-state index contributed by atoms with van der Waals surface area (Å²) in [7, 11) is 3.67. The first-order chi connectivity index (χ1) is 8.13. The molecule has 0 aliphatic carbocycles. The Morgan fingerprint density at radius 3 is 2.76 bits per heavy atom. The molecule has 2 aromatic rings. The summed E-state index contributed by atoms with van der Waals surface area (Å²) < 4.78 is 1.73. The van der Waals surface area contributed by atoms with Crippen molar-refractivity contribution in [2.24, 2.45) is 7.05 Å². The smallest absolute Gasteiger partial charge is 0.162 e. The van der Waals surface area contributed by atoms with Gasteiger partial charge in [0.1, 0.15) is 0 Å². The lowest BCUT2D eigenvalue weighted by molar-refractivity contribution is 0.101. The van der Waals surface area contributed by atoms with Crippen molar-refractivity contribution in [2.75, 3.05) is 12.4 Å². The summed E-state index contributed by atoms with van der Waals surface area (Å²) in [5.74, 6) is 0.0498. The fourth-order valence-corrected chi connectivity index (χ4v) is 1.94. The average molecular weight is 231 g/mol. The molecule has 0 amide bonds. The maximum Gasteiger partial charge on any atom is 0.162 e. The molecule has 0 saturated heterocycles. The molecule has 2 rings (SSSR count). The molecule has 0 saturated carbocycles. The van der Waals surface area contributed by atoms with Crippen molar-refractivity contribution in [1.29, 1.82) is 0 Å². The van der Waals surface area contributed by atoms with Gasteiger partial charge >= 0.3 is 0 Å². The van der Waals surface area contributed by atoms with Crippen molar-refractivity contribution in [3.05, 3.63) is 36.2 Å². The van der Waals surface area contributed by atoms with E-state index in [-0.39, 0.29) is 7.21 Å². The Balaban J connectivity index is 0.00000162. The van der Waals surface area contributed by atoms with Gasteiger partial charge in [-0.2, -0.15) is 5.10 Å². The third-order valence-corrected chi connectivity index (χ3v) is 2.70. The molecular formula is C13H17N3O. The lowest BCUT2D eigenvalue weighted by Crippen LogP contribution is -2.02. The Kier molecular flexibility index (Phi) is 2.95. The number of nitrogens with one attached hydrogen (secondary N) is 1. The molecule has 0 bridgehead atoms. The monoisotopic (exact) mass is 231 g/mol. The highest BCUT2D eigenvalue weighted by Crippen LogP contribution is 2.29. The first kappa shape index (κ1) is 11.4. The fourth-order valence-electron chi connectivity index (χ4n) is 1.94. The van der Waals surface area contributed by atoms with Crippen LogP contribution in [0.25, 0.3) is 11.1 Å². The molecule has 0 unspecified atom stereocenters. The number of ketones is 1. The summed E-state index contributed by atoms with van der Waals surface area (Å²) in [5.41, 5.74) is 3.43. The molecule has 1 heterocycles. The van der Waals surface area contributed by atoms with Crippen LogP contribution in [-0.4, -0.2) is 22.6 Å². The van der Waals surface area contributed by atoms with Gasteiger partial charge in [0.05, 0.1) is 6.20 Å². The molecule has 90 valence electrons. The number of rotatable bonds is 3. The molecule has 17 heavy (non-hydrogen) atoms. The van der Waals surface area contributed by atoms with Gasteiger partial charge in [0.2, 0.25) is 0 Å². The number of aryl methyl sites for hydroxylation is 1. The predicted molar refractivity (Wildman–Crippen MR) is 70.3 cm³/mol. The highest BCUT2D eigenvalue weighted by molar-refractivity contribution is 6.05. The highest BCUT2D eigenvalue weighted by Gasteiger charge is 2.14. The summed E-state index contributed by atoms with van der Waals surface area (Å²) in [6, 6.07) is 5.77. The molecule has 1 aromatic heterocycles. The summed E-state index contributed by atoms with van der Waals surface area (Å²) in [5, 5.41) is 7.18. The third kappa shape index (κ3) is 2.06. The SMILES string of the molecule is CNc1cccc(-c2cnn(C)c2)c1C(C)=O.[HH]. The van der Waals surface area contributed by atoms with Crippen LogP contribution in [0.1, 0.15) is 18.7 Å². The molecule has 0 aliphatic heterocycles. The Hall–Kier alpha value is -2.10. The summed E-state index contributed by atoms with van der Waals surface area (Å²) in [4.78, 5) is 11.8. The molecule has 0 spiro atoms. The zero-order valence-corrected chi connectivity index (χ0v) is 10.2. The van der Waals surface area contributed by atoms with E-state index < -0.39 is 0 Å². The Morgan fingerprint density at radius 2 is 2.24 bits per heavy atom. The Labute approximate surface area is 102 Å². The van der Waals surface area contributed by atoms with Crippen molar-refractivity contribution < 1.29 is 6.22 Å². The highest BCUT2D eigenvalue weighted by atomic mass is 16.1. The van der Waals surface area contributed by atoms with Gasteiger partial charge in [-0.3, -0.25) is 9.48 Å². The number of Topliss-reactive ketones (excluding diaryl/α,β-unsaturated/α-hetero) is 1. The van der Waals surface area contributed by atoms with E-state index in [0.29, 0.717) is 5.56 Å². The standard InChI is InChI=1S/C13H15N3O.H2/c1-9(17)13-11(5-4-6-12(13)14-2)10-7-15-16(3)8-10;/h4-8,14H,1-3H3;1H. The second-order valence-electron chi connectivity index (χ2n) is 3.94. The van der Waals surface area contributed by atoms with Crippen molar-refractivity contribution in [2.45, 2.75) is 6.92 Å². The van der Waals surface area contributed by atoms with Gasteiger partial charge < -0.3 is 5.32 Å². The molecule has 4 nitrogen and oxygen atoms in total. The molecule has 1 aromatic carbocycles. The van der Waals surface area contributed by atoms with E-state index in [2.05, 4.69) is 10.4 Å². The minimum atomic E-state index is 0. The molecule has 0 atom stereocenters. The van der Waals surface area contributed by atoms with Crippen LogP contribution in [0.2, 0.25) is 0 Å². The zero-order chi connectivity index (χ0) is 12.4. The topological polar surface area (TPSA) is 46.9 Å². The van der Waals surface area contributed by atoms with Crippen LogP contribution >= 0.6 is 0 Å². The number of hydrogen-bond acceptors (Lipinski definition) is 3. The second kappa shape index (κ2) is 4.41. The number of aromatic nitrogens is 2. The normalized spacial score (nSPS) is 10.3. The third-order valence-electron chi connectivity index (χ3n) is 2.70. The van der Waals surface area contributed by atoms with Crippen molar-refractivity contribution in [3.63, 3.8) is 0 Å². The Bertz CT molecular complexity index is 563. The minimum absolute atomic E-state index is 0. The predicted octanol–water partition coefficient (Wildman–Crippen LogP) is 2.58. The first-order valence-corrected chi connectivity index (χ1v) is 5.44. The lowest BCUT2D eigenvalue weighted by atomic mass is 9.98. The number of carbonyl (C=O) groups excluding carboxylic acids is 1. The van der Waals surface area contributed by atoms with Crippen LogP contribution in [0.4, 0.5) is 5.69 Å². The second-order valence-corrected chi connectivity index (χ2v) is 3.94. The van der Waals surface area contributed by atoms with Crippen LogP contribution in [0.3, 0.4) is 0 Å². The number of hydrogen-bond donors (Lipinski definition) is 1. The largest absolute Gasteiger partial charge is 0.388 e. The van der Waals surface area contributed by atoms with Crippen LogP contribution in [-0.2, 0) is 7.05 Å². The summed E-state index contributed by atoms with van der Waals surface area (Å²) in [6.45, 7) is 1.58. The molecule has 0 radical (unpaired) electrons. The van der Waals surface area contributed by atoms with Gasteiger partial charge in [-0.15, -0.1) is 0 Å². The molecule has 1 N–H and O–H groups in total. The summed E-state index contributed by atoms with van der Waals surface area (Å²) >= 11 is 0. The van der Waals surface area contributed by atoms with E-state index in [1.807, 2.05) is 38.5 Å². The van der Waals surface area contributed by atoms with Crippen LogP contribution in [0.5, 0.6) is 0 Å². The number of carbonyl (C=O) groups is 1. The summed E-state index contributed by atoms with van der Waals surface area (Å²) in [6.07, 6.45) is 3.67. The van der Waals surface area contributed by atoms with Gasteiger partial charge in [0, 0.05) is 38.5 Å².